The van der Waals surface area contributed by atoms with Gasteiger partial charge in [0.05, 0.1) is 5.41 Å². The van der Waals surface area contributed by atoms with Crippen LogP contribution in [-0.4, -0.2) is 16.2 Å². The number of hydrogen-bond acceptors (Lipinski definition) is 2. The van der Waals surface area contributed by atoms with E-state index in [1.807, 2.05) is 6.07 Å². The first-order valence-electron chi connectivity index (χ1n) is 10.8. The van der Waals surface area contributed by atoms with Crippen molar-refractivity contribution in [3.8, 4) is 5.75 Å². The molecular weight excluding hydrogens is 336 g/mol. The van der Waals surface area contributed by atoms with E-state index in [0.717, 1.165) is 56.9 Å². The van der Waals surface area contributed by atoms with Crippen LogP contribution in [0.2, 0.25) is 0 Å². The number of phenols is 1. The number of carboxylic acids is 1. The Labute approximate surface area is 165 Å². The number of aromatic hydroxyl groups is 1. The third-order valence-corrected chi connectivity index (χ3v) is 6.01. The van der Waals surface area contributed by atoms with E-state index in [1.165, 1.54) is 31.2 Å². The molecule has 1 saturated carbocycles. The summed E-state index contributed by atoms with van der Waals surface area (Å²) in [5.74, 6) is -0.191. The van der Waals surface area contributed by atoms with Gasteiger partial charge in [-0.05, 0) is 74.0 Å². The number of carbonyl (C=O) groups is 1. The summed E-state index contributed by atoms with van der Waals surface area (Å²) in [6.07, 6.45) is 12.4. The molecule has 2 rings (SSSR count). The fourth-order valence-corrected chi connectivity index (χ4v) is 3.96. The lowest BCUT2D eigenvalue weighted by Crippen LogP contribution is -2.14. The van der Waals surface area contributed by atoms with E-state index in [0.29, 0.717) is 11.2 Å². The first-order valence-corrected chi connectivity index (χ1v) is 10.8. The standard InChI is InChI=1S/C24H38O3/c1-23(2,3)15-8-4-6-11-19-12-10-14-21(25)20(19)13-7-5-9-16-24(17-18-24)22(26)27/h10,12,14,25H,4-9,11,13,15-18H2,1-3H3,(H,26,27). The van der Waals surface area contributed by atoms with E-state index >= 15 is 0 Å². The average Bonchev–Trinajstić information content (AvgIpc) is 3.36. The van der Waals surface area contributed by atoms with Gasteiger partial charge in [-0.15, -0.1) is 0 Å². The second-order valence-electron chi connectivity index (χ2n) is 9.68. The van der Waals surface area contributed by atoms with Crippen LogP contribution < -0.4 is 0 Å². The lowest BCUT2D eigenvalue weighted by atomic mass is 9.89. The molecule has 0 unspecified atom stereocenters. The van der Waals surface area contributed by atoms with Crippen LogP contribution in [0.5, 0.6) is 5.75 Å². The summed E-state index contributed by atoms with van der Waals surface area (Å²) < 4.78 is 0. The Bertz CT molecular complexity index is 609. The van der Waals surface area contributed by atoms with Crippen molar-refractivity contribution in [2.24, 2.45) is 10.8 Å². The fourth-order valence-electron chi connectivity index (χ4n) is 3.96. The molecule has 0 heterocycles. The Morgan fingerprint density at radius 2 is 1.67 bits per heavy atom. The maximum atomic E-state index is 11.2. The molecule has 0 bridgehead atoms. The minimum Gasteiger partial charge on any atom is -0.508 e. The molecule has 1 aliphatic carbocycles. The van der Waals surface area contributed by atoms with Gasteiger partial charge in [-0.25, -0.2) is 0 Å². The molecule has 0 spiro atoms. The summed E-state index contributed by atoms with van der Waals surface area (Å²) in [5, 5.41) is 19.5. The molecule has 0 radical (unpaired) electrons. The van der Waals surface area contributed by atoms with Crippen LogP contribution in [0.15, 0.2) is 18.2 Å². The van der Waals surface area contributed by atoms with Gasteiger partial charge >= 0.3 is 5.97 Å². The molecule has 3 nitrogen and oxygen atoms in total. The molecule has 152 valence electrons. The Balaban J connectivity index is 1.73. The number of rotatable bonds is 12. The molecule has 0 aromatic heterocycles. The first kappa shape index (κ1) is 21.8. The van der Waals surface area contributed by atoms with Crippen molar-refractivity contribution in [2.45, 2.75) is 97.8 Å². The smallest absolute Gasteiger partial charge is 0.309 e. The molecule has 27 heavy (non-hydrogen) atoms. The summed E-state index contributed by atoms with van der Waals surface area (Å²) in [4.78, 5) is 11.2. The fraction of sp³-hybridized carbons (Fsp3) is 0.708. The van der Waals surface area contributed by atoms with Crippen LogP contribution in [0.3, 0.4) is 0 Å². The van der Waals surface area contributed by atoms with E-state index in [1.54, 1.807) is 6.07 Å². The number of hydrogen-bond donors (Lipinski definition) is 2. The SMILES string of the molecule is CC(C)(C)CCCCCc1cccc(O)c1CCCCCC1(C(=O)O)CC1. The van der Waals surface area contributed by atoms with Crippen molar-refractivity contribution in [1.29, 1.82) is 0 Å². The van der Waals surface area contributed by atoms with E-state index in [-0.39, 0.29) is 0 Å². The van der Waals surface area contributed by atoms with Gasteiger partial charge in [0, 0.05) is 0 Å². The van der Waals surface area contributed by atoms with Gasteiger partial charge in [-0.2, -0.15) is 0 Å². The molecule has 1 aromatic rings. The van der Waals surface area contributed by atoms with E-state index in [4.69, 9.17) is 0 Å². The van der Waals surface area contributed by atoms with Crippen molar-refractivity contribution < 1.29 is 15.0 Å². The number of phenolic OH excluding ortho intramolecular Hbond substituents is 1. The number of unbranched alkanes of at least 4 members (excludes halogenated alkanes) is 4. The minimum atomic E-state index is -0.614. The van der Waals surface area contributed by atoms with Crippen molar-refractivity contribution in [3.63, 3.8) is 0 Å². The number of benzene rings is 1. The van der Waals surface area contributed by atoms with Crippen LogP contribution in [0.4, 0.5) is 0 Å². The maximum absolute atomic E-state index is 11.2. The topological polar surface area (TPSA) is 57.5 Å². The van der Waals surface area contributed by atoms with Crippen LogP contribution >= 0.6 is 0 Å². The average molecular weight is 375 g/mol. The molecule has 0 aliphatic heterocycles. The zero-order valence-electron chi connectivity index (χ0n) is 17.5. The third-order valence-electron chi connectivity index (χ3n) is 6.01. The Morgan fingerprint density at radius 1 is 1.00 bits per heavy atom. The molecule has 3 heteroatoms. The third kappa shape index (κ3) is 7.20. The Hall–Kier alpha value is -1.51. The zero-order chi connectivity index (χ0) is 19.9. The zero-order valence-corrected chi connectivity index (χ0v) is 17.5. The quantitative estimate of drug-likeness (QED) is 0.410. The number of aryl methyl sites for hydroxylation is 1. The van der Waals surface area contributed by atoms with Crippen LogP contribution in [0.1, 0.15) is 96.1 Å². The molecular formula is C24H38O3. The lowest BCUT2D eigenvalue weighted by Gasteiger charge is -2.17. The summed E-state index contributed by atoms with van der Waals surface area (Å²) in [6, 6.07) is 5.90. The van der Waals surface area contributed by atoms with Gasteiger partial charge in [0.1, 0.15) is 5.75 Å². The van der Waals surface area contributed by atoms with Crippen LogP contribution in [-0.2, 0) is 17.6 Å². The highest BCUT2D eigenvalue weighted by Crippen LogP contribution is 2.50. The second kappa shape index (κ2) is 9.61. The van der Waals surface area contributed by atoms with E-state index in [2.05, 4.69) is 26.8 Å². The second-order valence-corrected chi connectivity index (χ2v) is 9.68. The largest absolute Gasteiger partial charge is 0.508 e. The monoisotopic (exact) mass is 374 g/mol. The van der Waals surface area contributed by atoms with Gasteiger partial charge in [-0.1, -0.05) is 58.6 Å². The molecule has 2 N–H and O–H groups in total. The van der Waals surface area contributed by atoms with Gasteiger partial charge in [-0.3, -0.25) is 4.79 Å². The van der Waals surface area contributed by atoms with Gasteiger partial charge in [0.25, 0.3) is 0 Å². The maximum Gasteiger partial charge on any atom is 0.309 e. The van der Waals surface area contributed by atoms with Crippen molar-refractivity contribution in [1.82, 2.24) is 0 Å². The number of aliphatic carboxylic acids is 1. The molecule has 0 atom stereocenters. The lowest BCUT2D eigenvalue weighted by molar-refractivity contribution is -0.143. The van der Waals surface area contributed by atoms with E-state index < -0.39 is 11.4 Å². The van der Waals surface area contributed by atoms with Crippen molar-refractivity contribution in [3.05, 3.63) is 29.3 Å². The predicted molar refractivity (Wildman–Crippen MR) is 111 cm³/mol. The van der Waals surface area contributed by atoms with Crippen molar-refractivity contribution in [2.75, 3.05) is 0 Å². The summed E-state index contributed by atoms with van der Waals surface area (Å²) >= 11 is 0. The minimum absolute atomic E-state index is 0.396. The van der Waals surface area contributed by atoms with Gasteiger partial charge in [0.2, 0.25) is 0 Å². The Morgan fingerprint density at radius 3 is 2.30 bits per heavy atom. The summed E-state index contributed by atoms with van der Waals surface area (Å²) in [6.45, 7) is 6.88. The summed E-state index contributed by atoms with van der Waals surface area (Å²) in [5.41, 5.74) is 2.41. The highest BCUT2D eigenvalue weighted by Gasteiger charge is 2.49. The Kier molecular flexibility index (Phi) is 7.76. The molecule has 1 aliphatic rings. The molecule has 0 amide bonds. The van der Waals surface area contributed by atoms with Crippen LogP contribution in [0.25, 0.3) is 0 Å². The highest BCUT2D eigenvalue weighted by molar-refractivity contribution is 5.77. The van der Waals surface area contributed by atoms with Crippen molar-refractivity contribution >= 4 is 5.97 Å². The number of carboxylic acid groups (broad SMARTS) is 1. The normalized spacial score (nSPS) is 15.7. The molecule has 1 fully saturated rings. The summed E-state index contributed by atoms with van der Waals surface area (Å²) in [7, 11) is 0. The first-order chi connectivity index (χ1) is 12.7. The predicted octanol–water partition coefficient (Wildman–Crippen LogP) is 6.51. The van der Waals surface area contributed by atoms with Crippen LogP contribution in [0, 0.1) is 10.8 Å². The molecule has 0 saturated heterocycles. The van der Waals surface area contributed by atoms with Gasteiger partial charge < -0.3 is 10.2 Å². The van der Waals surface area contributed by atoms with Gasteiger partial charge in [0.15, 0.2) is 0 Å². The highest BCUT2D eigenvalue weighted by atomic mass is 16.4. The molecule has 1 aromatic carbocycles. The van der Waals surface area contributed by atoms with E-state index in [9.17, 15) is 15.0 Å².